The molecule has 0 aromatic carbocycles. The van der Waals surface area contributed by atoms with Crippen LogP contribution in [0.2, 0.25) is 0 Å². The van der Waals surface area contributed by atoms with Crippen molar-refractivity contribution < 1.29 is 4.79 Å². The molecule has 0 saturated carbocycles. The standard InChI is InChI=1S/C13H15BrN2O/c1-3-4-8(2)12(17)11-7-16-13-10(11)5-9(14)6-15-13/h5-8H,3-4H2,1-2H3,(H,15,16). The Bertz CT molecular complexity index is 547. The maximum Gasteiger partial charge on any atom is 0.167 e. The van der Waals surface area contributed by atoms with Crippen LogP contribution in [0.3, 0.4) is 0 Å². The van der Waals surface area contributed by atoms with Gasteiger partial charge in [0.05, 0.1) is 0 Å². The van der Waals surface area contributed by atoms with E-state index in [9.17, 15) is 4.79 Å². The van der Waals surface area contributed by atoms with Gasteiger partial charge in [0.2, 0.25) is 0 Å². The van der Waals surface area contributed by atoms with E-state index in [0.717, 1.165) is 33.9 Å². The first-order chi connectivity index (χ1) is 8.13. The second-order valence-corrected chi connectivity index (χ2v) is 5.22. The maximum absolute atomic E-state index is 12.3. The minimum atomic E-state index is 0.0676. The SMILES string of the molecule is CCCC(C)C(=O)c1c[nH]c2ncc(Br)cc12. The number of aromatic amines is 1. The molecule has 0 aliphatic carbocycles. The van der Waals surface area contributed by atoms with Crippen molar-refractivity contribution in [1.29, 1.82) is 0 Å². The summed E-state index contributed by atoms with van der Waals surface area (Å²) in [5, 5.41) is 0.896. The van der Waals surface area contributed by atoms with Gasteiger partial charge in [-0.2, -0.15) is 0 Å². The summed E-state index contributed by atoms with van der Waals surface area (Å²) < 4.78 is 0.891. The number of ketones is 1. The fraction of sp³-hybridized carbons (Fsp3) is 0.385. The monoisotopic (exact) mass is 294 g/mol. The van der Waals surface area contributed by atoms with Gasteiger partial charge in [-0.25, -0.2) is 4.98 Å². The molecule has 1 atom stereocenters. The number of hydrogen-bond acceptors (Lipinski definition) is 2. The molecule has 0 fully saturated rings. The fourth-order valence-corrected chi connectivity index (χ4v) is 2.34. The van der Waals surface area contributed by atoms with Crippen molar-refractivity contribution in [2.75, 3.05) is 0 Å². The first-order valence-corrected chi connectivity index (χ1v) is 6.59. The number of carbonyl (C=O) groups excluding carboxylic acids is 1. The molecule has 2 heterocycles. The van der Waals surface area contributed by atoms with E-state index < -0.39 is 0 Å². The Morgan fingerprint density at radius 1 is 1.59 bits per heavy atom. The molecule has 2 aromatic rings. The summed E-state index contributed by atoms with van der Waals surface area (Å²) in [6.45, 7) is 4.08. The average Bonchev–Trinajstić information content (AvgIpc) is 2.71. The predicted octanol–water partition coefficient (Wildman–Crippen LogP) is 3.94. The molecule has 90 valence electrons. The predicted molar refractivity (Wildman–Crippen MR) is 72.2 cm³/mol. The van der Waals surface area contributed by atoms with Crippen molar-refractivity contribution in [3.63, 3.8) is 0 Å². The number of carbonyl (C=O) groups is 1. The summed E-state index contributed by atoms with van der Waals surface area (Å²) in [7, 11) is 0. The summed E-state index contributed by atoms with van der Waals surface area (Å²) >= 11 is 3.38. The van der Waals surface area contributed by atoms with Gasteiger partial charge in [0.1, 0.15) is 5.65 Å². The third-order valence-electron chi connectivity index (χ3n) is 2.93. The van der Waals surface area contributed by atoms with Crippen LogP contribution in [0.5, 0.6) is 0 Å². The molecule has 0 amide bonds. The highest BCUT2D eigenvalue weighted by Crippen LogP contribution is 2.24. The Morgan fingerprint density at radius 3 is 3.06 bits per heavy atom. The number of Topliss-reactive ketones (excluding diaryl/α,β-unsaturated/α-hetero) is 1. The molecular formula is C13H15BrN2O. The van der Waals surface area contributed by atoms with Crippen LogP contribution in [-0.2, 0) is 0 Å². The van der Waals surface area contributed by atoms with Crippen LogP contribution in [0.1, 0.15) is 37.0 Å². The molecule has 3 nitrogen and oxygen atoms in total. The molecule has 0 saturated heterocycles. The topological polar surface area (TPSA) is 45.8 Å². The summed E-state index contributed by atoms with van der Waals surface area (Å²) in [5.74, 6) is 0.260. The smallest absolute Gasteiger partial charge is 0.167 e. The molecule has 0 spiro atoms. The lowest BCUT2D eigenvalue weighted by Gasteiger charge is -2.07. The van der Waals surface area contributed by atoms with Crippen LogP contribution in [0.4, 0.5) is 0 Å². The van der Waals surface area contributed by atoms with Gasteiger partial charge in [-0.3, -0.25) is 4.79 Å². The van der Waals surface area contributed by atoms with E-state index in [1.807, 2.05) is 13.0 Å². The van der Waals surface area contributed by atoms with Gasteiger partial charge in [0.25, 0.3) is 0 Å². The quantitative estimate of drug-likeness (QED) is 0.868. The third kappa shape index (κ3) is 2.41. The molecular weight excluding hydrogens is 280 g/mol. The van der Waals surface area contributed by atoms with Gasteiger partial charge in [0.15, 0.2) is 5.78 Å². The van der Waals surface area contributed by atoms with Crippen LogP contribution in [0.15, 0.2) is 22.9 Å². The van der Waals surface area contributed by atoms with Crippen molar-refractivity contribution >= 4 is 32.7 Å². The lowest BCUT2D eigenvalue weighted by atomic mass is 9.95. The minimum absolute atomic E-state index is 0.0676. The Morgan fingerprint density at radius 2 is 2.35 bits per heavy atom. The number of halogens is 1. The average molecular weight is 295 g/mol. The van der Waals surface area contributed by atoms with Gasteiger partial charge < -0.3 is 4.98 Å². The van der Waals surface area contributed by atoms with E-state index in [0.29, 0.717) is 0 Å². The molecule has 1 unspecified atom stereocenters. The van der Waals surface area contributed by atoms with E-state index in [1.165, 1.54) is 0 Å². The summed E-state index contributed by atoms with van der Waals surface area (Å²) in [4.78, 5) is 19.5. The van der Waals surface area contributed by atoms with Crippen molar-refractivity contribution in [2.45, 2.75) is 26.7 Å². The van der Waals surface area contributed by atoms with Crippen LogP contribution in [-0.4, -0.2) is 15.8 Å². The van der Waals surface area contributed by atoms with E-state index >= 15 is 0 Å². The molecule has 2 rings (SSSR count). The van der Waals surface area contributed by atoms with Gasteiger partial charge in [0, 0.05) is 33.7 Å². The molecule has 4 heteroatoms. The number of H-pyrrole nitrogens is 1. The van der Waals surface area contributed by atoms with E-state index in [-0.39, 0.29) is 11.7 Å². The number of pyridine rings is 1. The number of fused-ring (bicyclic) bond motifs is 1. The zero-order valence-corrected chi connectivity index (χ0v) is 11.5. The van der Waals surface area contributed by atoms with E-state index in [4.69, 9.17) is 0 Å². The van der Waals surface area contributed by atoms with Crippen LogP contribution in [0.25, 0.3) is 11.0 Å². The van der Waals surface area contributed by atoms with Crippen LogP contribution in [0, 0.1) is 5.92 Å². The van der Waals surface area contributed by atoms with Gasteiger partial charge >= 0.3 is 0 Å². The summed E-state index contributed by atoms with van der Waals surface area (Å²) in [5.41, 5.74) is 1.51. The third-order valence-corrected chi connectivity index (χ3v) is 3.37. The van der Waals surface area contributed by atoms with Gasteiger partial charge in [-0.15, -0.1) is 0 Å². The first-order valence-electron chi connectivity index (χ1n) is 5.80. The van der Waals surface area contributed by atoms with Crippen molar-refractivity contribution in [3.05, 3.63) is 28.5 Å². The van der Waals surface area contributed by atoms with E-state index in [2.05, 4.69) is 32.8 Å². The Kier molecular flexibility index (Phi) is 3.62. The van der Waals surface area contributed by atoms with Crippen molar-refractivity contribution in [2.24, 2.45) is 5.92 Å². The summed E-state index contributed by atoms with van der Waals surface area (Å²) in [6, 6.07) is 1.94. The summed E-state index contributed by atoms with van der Waals surface area (Å²) in [6.07, 6.45) is 5.44. The number of rotatable bonds is 4. The molecule has 17 heavy (non-hydrogen) atoms. The lowest BCUT2D eigenvalue weighted by molar-refractivity contribution is 0.0925. The van der Waals surface area contributed by atoms with Crippen LogP contribution >= 0.6 is 15.9 Å². The number of nitrogens with zero attached hydrogens (tertiary/aromatic N) is 1. The van der Waals surface area contributed by atoms with Crippen molar-refractivity contribution in [3.8, 4) is 0 Å². The lowest BCUT2D eigenvalue weighted by Crippen LogP contribution is -2.10. The fourth-order valence-electron chi connectivity index (χ4n) is 2.01. The maximum atomic E-state index is 12.3. The number of nitrogens with one attached hydrogen (secondary N) is 1. The molecule has 0 bridgehead atoms. The number of hydrogen-bond donors (Lipinski definition) is 1. The highest BCUT2D eigenvalue weighted by Gasteiger charge is 2.18. The normalized spacial score (nSPS) is 12.9. The van der Waals surface area contributed by atoms with Gasteiger partial charge in [-0.05, 0) is 28.4 Å². The van der Waals surface area contributed by atoms with Crippen molar-refractivity contribution in [1.82, 2.24) is 9.97 Å². The zero-order valence-electron chi connectivity index (χ0n) is 9.96. The second-order valence-electron chi connectivity index (χ2n) is 4.31. The number of aromatic nitrogens is 2. The molecule has 0 radical (unpaired) electrons. The highest BCUT2D eigenvalue weighted by molar-refractivity contribution is 9.10. The van der Waals surface area contributed by atoms with Crippen LogP contribution < -0.4 is 0 Å². The zero-order chi connectivity index (χ0) is 12.4. The Hall–Kier alpha value is -1.16. The Balaban J connectivity index is 2.41. The largest absolute Gasteiger partial charge is 0.345 e. The van der Waals surface area contributed by atoms with Gasteiger partial charge in [-0.1, -0.05) is 20.3 Å². The molecule has 1 N–H and O–H groups in total. The molecule has 2 aromatic heterocycles. The van der Waals surface area contributed by atoms with E-state index in [1.54, 1.807) is 12.4 Å². The molecule has 0 aliphatic rings. The highest BCUT2D eigenvalue weighted by atomic mass is 79.9. The first kappa shape index (κ1) is 12.3. The minimum Gasteiger partial charge on any atom is -0.345 e. The Labute approximate surface area is 109 Å². The second kappa shape index (κ2) is 5.00. The molecule has 0 aliphatic heterocycles.